The minimum Gasteiger partial charge on any atom is -0.316 e. The predicted octanol–water partition coefficient (Wildman–Crippen LogP) is 2.63. The molecule has 14 heavy (non-hydrogen) atoms. The third-order valence-electron chi connectivity index (χ3n) is 2.73. The lowest BCUT2D eigenvalue weighted by Crippen LogP contribution is -2.08. The van der Waals surface area contributed by atoms with E-state index in [9.17, 15) is 4.39 Å². The first-order valence-electron chi connectivity index (χ1n) is 4.74. The normalized spacial score (nSPS) is 20.6. The van der Waals surface area contributed by atoms with Crippen molar-refractivity contribution in [1.82, 2.24) is 5.32 Å². The molecule has 1 saturated heterocycles. The van der Waals surface area contributed by atoms with E-state index in [1.165, 1.54) is 0 Å². The second-order valence-electron chi connectivity index (χ2n) is 3.70. The van der Waals surface area contributed by atoms with E-state index in [2.05, 4.69) is 5.32 Å². The van der Waals surface area contributed by atoms with Gasteiger partial charge in [0.25, 0.3) is 0 Å². The lowest BCUT2D eigenvalue weighted by atomic mass is 9.97. The quantitative estimate of drug-likeness (QED) is 0.760. The molecule has 0 radical (unpaired) electrons. The van der Waals surface area contributed by atoms with Crippen LogP contribution in [0.4, 0.5) is 4.39 Å². The molecule has 1 N–H and O–H groups in total. The number of nitrogens with one attached hydrogen (secondary N) is 1. The number of hydrogen-bond acceptors (Lipinski definition) is 1. The van der Waals surface area contributed by atoms with Crippen LogP contribution in [0.25, 0.3) is 0 Å². The Morgan fingerprint density at radius 1 is 1.43 bits per heavy atom. The average Bonchev–Trinajstić information content (AvgIpc) is 2.62. The Morgan fingerprint density at radius 3 is 2.79 bits per heavy atom. The van der Waals surface area contributed by atoms with E-state index in [0.717, 1.165) is 30.6 Å². The average molecular weight is 216 g/mol. The highest BCUT2D eigenvalue weighted by Gasteiger charge is 2.16. The number of rotatable bonds is 1. The van der Waals surface area contributed by atoms with Crippen LogP contribution in [0, 0.1) is 12.7 Å². The summed E-state index contributed by atoms with van der Waals surface area (Å²) >= 11 is 0. The third kappa shape index (κ3) is 2.25. The first-order chi connectivity index (χ1) is 6.27. The van der Waals surface area contributed by atoms with Gasteiger partial charge in [-0.05, 0) is 43.0 Å². The van der Waals surface area contributed by atoms with Crippen LogP contribution in [0.2, 0.25) is 0 Å². The van der Waals surface area contributed by atoms with Crippen LogP contribution in [-0.4, -0.2) is 13.1 Å². The molecule has 0 aliphatic carbocycles. The van der Waals surface area contributed by atoms with Crippen molar-refractivity contribution in [2.75, 3.05) is 13.1 Å². The summed E-state index contributed by atoms with van der Waals surface area (Å²) in [7, 11) is 0. The van der Waals surface area contributed by atoms with Crippen LogP contribution < -0.4 is 5.32 Å². The largest absolute Gasteiger partial charge is 0.316 e. The van der Waals surface area contributed by atoms with Gasteiger partial charge in [-0.3, -0.25) is 0 Å². The molecule has 1 nitrogen and oxygen atoms in total. The fourth-order valence-electron chi connectivity index (χ4n) is 1.80. The summed E-state index contributed by atoms with van der Waals surface area (Å²) in [5.41, 5.74) is 1.86. The molecule has 78 valence electrons. The van der Waals surface area contributed by atoms with Crippen molar-refractivity contribution in [2.45, 2.75) is 19.3 Å². The highest BCUT2D eigenvalue weighted by molar-refractivity contribution is 5.85. The van der Waals surface area contributed by atoms with Crippen LogP contribution in [0.15, 0.2) is 18.2 Å². The highest BCUT2D eigenvalue weighted by Crippen LogP contribution is 2.23. The molecule has 0 bridgehead atoms. The zero-order chi connectivity index (χ0) is 9.26. The van der Waals surface area contributed by atoms with Gasteiger partial charge in [0.05, 0.1) is 0 Å². The van der Waals surface area contributed by atoms with Gasteiger partial charge in [0.2, 0.25) is 0 Å². The fourth-order valence-corrected chi connectivity index (χ4v) is 1.80. The minimum atomic E-state index is -0.0793. The summed E-state index contributed by atoms with van der Waals surface area (Å²) in [6.07, 6.45) is 1.13. The van der Waals surface area contributed by atoms with Crippen LogP contribution in [0.1, 0.15) is 23.5 Å². The maximum Gasteiger partial charge on any atom is 0.126 e. The summed E-state index contributed by atoms with van der Waals surface area (Å²) < 4.78 is 13.2. The van der Waals surface area contributed by atoms with E-state index in [1.54, 1.807) is 13.0 Å². The number of hydrogen-bond donors (Lipinski definition) is 1. The number of halogens is 2. The van der Waals surface area contributed by atoms with Crippen molar-refractivity contribution < 1.29 is 4.39 Å². The van der Waals surface area contributed by atoms with E-state index >= 15 is 0 Å². The molecular weight excluding hydrogens is 201 g/mol. The molecule has 1 aromatic rings. The van der Waals surface area contributed by atoms with Gasteiger partial charge in [-0.1, -0.05) is 12.1 Å². The summed E-state index contributed by atoms with van der Waals surface area (Å²) in [5.74, 6) is 0.430. The third-order valence-corrected chi connectivity index (χ3v) is 2.73. The molecule has 1 aliphatic heterocycles. The van der Waals surface area contributed by atoms with Crippen molar-refractivity contribution in [2.24, 2.45) is 0 Å². The number of benzene rings is 1. The Labute approximate surface area is 90.1 Å². The van der Waals surface area contributed by atoms with Crippen molar-refractivity contribution in [3.05, 3.63) is 35.1 Å². The van der Waals surface area contributed by atoms with Crippen molar-refractivity contribution in [1.29, 1.82) is 0 Å². The van der Waals surface area contributed by atoms with Gasteiger partial charge >= 0.3 is 0 Å². The van der Waals surface area contributed by atoms with Gasteiger partial charge < -0.3 is 5.32 Å². The lowest BCUT2D eigenvalue weighted by Gasteiger charge is -2.09. The minimum absolute atomic E-state index is 0. The SMILES string of the molecule is Cc1ccc(C2CCNC2)cc1F.Cl. The Kier molecular flexibility index (Phi) is 3.90. The monoisotopic (exact) mass is 215 g/mol. The van der Waals surface area contributed by atoms with Gasteiger partial charge in [-0.25, -0.2) is 4.39 Å². The first kappa shape index (κ1) is 11.5. The molecule has 1 aromatic carbocycles. The van der Waals surface area contributed by atoms with Gasteiger partial charge in [-0.15, -0.1) is 12.4 Å². The van der Waals surface area contributed by atoms with Crippen LogP contribution in [0.3, 0.4) is 0 Å². The lowest BCUT2D eigenvalue weighted by molar-refractivity contribution is 0.612. The molecule has 3 heteroatoms. The maximum atomic E-state index is 13.2. The highest BCUT2D eigenvalue weighted by atomic mass is 35.5. The Bertz CT molecular complexity index is 308. The van der Waals surface area contributed by atoms with Gasteiger partial charge in [-0.2, -0.15) is 0 Å². The number of aryl methyl sites for hydroxylation is 1. The van der Waals surface area contributed by atoms with Gasteiger partial charge in [0.15, 0.2) is 0 Å². The van der Waals surface area contributed by atoms with Gasteiger partial charge in [0, 0.05) is 6.54 Å². The summed E-state index contributed by atoms with van der Waals surface area (Å²) in [6.45, 7) is 3.84. The summed E-state index contributed by atoms with van der Waals surface area (Å²) in [6, 6.07) is 5.58. The summed E-state index contributed by atoms with van der Waals surface area (Å²) in [4.78, 5) is 0. The smallest absolute Gasteiger partial charge is 0.126 e. The van der Waals surface area contributed by atoms with E-state index in [1.807, 2.05) is 12.1 Å². The van der Waals surface area contributed by atoms with E-state index < -0.39 is 0 Å². The fraction of sp³-hybridized carbons (Fsp3) is 0.455. The molecule has 2 rings (SSSR count). The van der Waals surface area contributed by atoms with Crippen LogP contribution in [-0.2, 0) is 0 Å². The zero-order valence-electron chi connectivity index (χ0n) is 8.22. The molecule has 1 unspecified atom stereocenters. The molecule has 1 heterocycles. The molecule has 0 spiro atoms. The Morgan fingerprint density at radius 2 is 2.21 bits per heavy atom. The van der Waals surface area contributed by atoms with Gasteiger partial charge in [0.1, 0.15) is 5.82 Å². The second-order valence-corrected chi connectivity index (χ2v) is 3.70. The molecule has 1 fully saturated rings. The standard InChI is InChI=1S/C11H14FN.ClH/c1-8-2-3-9(6-11(8)12)10-4-5-13-7-10;/h2-3,6,10,13H,4-5,7H2,1H3;1H. The molecular formula is C11H15ClFN. The molecule has 1 aliphatic rings. The Hall–Kier alpha value is -0.600. The summed E-state index contributed by atoms with van der Waals surface area (Å²) in [5, 5.41) is 3.28. The van der Waals surface area contributed by atoms with E-state index in [-0.39, 0.29) is 18.2 Å². The molecule has 0 aromatic heterocycles. The zero-order valence-corrected chi connectivity index (χ0v) is 9.03. The first-order valence-corrected chi connectivity index (χ1v) is 4.74. The molecule has 0 amide bonds. The molecule has 1 atom stereocenters. The van der Waals surface area contributed by atoms with E-state index in [4.69, 9.17) is 0 Å². The van der Waals surface area contributed by atoms with E-state index in [0.29, 0.717) is 5.92 Å². The van der Waals surface area contributed by atoms with Crippen molar-refractivity contribution in [3.63, 3.8) is 0 Å². The van der Waals surface area contributed by atoms with Crippen LogP contribution >= 0.6 is 12.4 Å². The molecule has 0 saturated carbocycles. The second kappa shape index (κ2) is 4.76. The predicted molar refractivity (Wildman–Crippen MR) is 58.6 cm³/mol. The van der Waals surface area contributed by atoms with Crippen molar-refractivity contribution >= 4 is 12.4 Å². The van der Waals surface area contributed by atoms with Crippen LogP contribution in [0.5, 0.6) is 0 Å². The maximum absolute atomic E-state index is 13.2. The Balaban J connectivity index is 0.000000980. The topological polar surface area (TPSA) is 12.0 Å². The van der Waals surface area contributed by atoms with Crippen molar-refractivity contribution in [3.8, 4) is 0 Å².